The van der Waals surface area contributed by atoms with E-state index in [1.54, 1.807) is 6.92 Å². The second-order valence-electron chi connectivity index (χ2n) is 2.24. The van der Waals surface area contributed by atoms with Crippen LogP contribution in [0.4, 0.5) is 4.39 Å². The molecule has 0 amide bonds. The molecule has 3 heteroatoms. The van der Waals surface area contributed by atoms with Gasteiger partial charge in [0.05, 0.1) is 5.02 Å². The summed E-state index contributed by atoms with van der Waals surface area (Å²) in [6.07, 6.45) is 0.533. The molecule has 1 aromatic carbocycles. The number of rotatable bonds is 1. The van der Waals surface area contributed by atoms with Gasteiger partial charge in [0.25, 0.3) is 0 Å². The van der Waals surface area contributed by atoms with Crippen molar-refractivity contribution in [3.8, 4) is 0 Å². The molecule has 0 saturated heterocycles. The maximum Gasteiger partial charge on any atom is 0.151 e. The molecule has 1 rings (SSSR count). The van der Waals surface area contributed by atoms with Gasteiger partial charge < -0.3 is 0 Å². The highest BCUT2D eigenvalue weighted by Crippen LogP contribution is 2.18. The van der Waals surface area contributed by atoms with Crippen molar-refractivity contribution in [2.45, 2.75) is 6.92 Å². The second kappa shape index (κ2) is 3.01. The summed E-state index contributed by atoms with van der Waals surface area (Å²) in [5.74, 6) is -0.406. The summed E-state index contributed by atoms with van der Waals surface area (Å²) in [4.78, 5) is 10.2. The van der Waals surface area contributed by atoms with Gasteiger partial charge in [-0.1, -0.05) is 11.6 Å². The van der Waals surface area contributed by atoms with Crippen molar-refractivity contribution in [2.75, 3.05) is 0 Å². The molecule has 0 spiro atoms. The molecule has 1 aromatic rings. The summed E-state index contributed by atoms with van der Waals surface area (Å²) in [6.45, 7) is 1.59. The van der Waals surface area contributed by atoms with Gasteiger partial charge in [0.1, 0.15) is 5.82 Å². The first-order valence-corrected chi connectivity index (χ1v) is 3.44. The molecule has 0 N–H and O–H groups in total. The lowest BCUT2D eigenvalue weighted by atomic mass is 10.1. The number of hydrogen-bond acceptors (Lipinski definition) is 1. The lowest BCUT2D eigenvalue weighted by molar-refractivity contribution is 0.112. The van der Waals surface area contributed by atoms with Gasteiger partial charge in [-0.25, -0.2) is 4.39 Å². The summed E-state index contributed by atoms with van der Waals surface area (Å²) in [6, 6.07) is 2.56. The van der Waals surface area contributed by atoms with Crippen LogP contribution >= 0.6 is 11.6 Å². The Balaban J connectivity index is 3.31. The smallest absolute Gasteiger partial charge is 0.151 e. The van der Waals surface area contributed by atoms with Gasteiger partial charge in [0, 0.05) is 5.56 Å². The van der Waals surface area contributed by atoms with E-state index >= 15 is 0 Å². The average molecular weight is 173 g/mol. The zero-order chi connectivity index (χ0) is 8.43. The first kappa shape index (κ1) is 8.21. The molecule has 0 aliphatic heterocycles. The predicted octanol–water partition coefficient (Wildman–Crippen LogP) is 2.60. The lowest BCUT2D eigenvalue weighted by Gasteiger charge is -1.98. The minimum atomic E-state index is -0.406. The van der Waals surface area contributed by atoms with Gasteiger partial charge in [-0.3, -0.25) is 4.79 Å². The molecule has 0 heterocycles. The maximum atomic E-state index is 12.7. The molecule has 1 nitrogen and oxygen atoms in total. The first-order valence-electron chi connectivity index (χ1n) is 3.06. The van der Waals surface area contributed by atoms with Crippen LogP contribution in [0.1, 0.15) is 15.9 Å². The van der Waals surface area contributed by atoms with E-state index in [2.05, 4.69) is 0 Å². The standard InChI is InChI=1S/C8H6ClFO/c1-5-2-7(9)6(4-11)3-8(5)10/h2-4H,1H3. The van der Waals surface area contributed by atoms with Crippen LogP contribution in [0.15, 0.2) is 12.1 Å². The number of halogens is 2. The highest BCUT2D eigenvalue weighted by molar-refractivity contribution is 6.33. The Morgan fingerprint density at radius 1 is 1.55 bits per heavy atom. The number of carbonyl (C=O) groups is 1. The van der Waals surface area contributed by atoms with Gasteiger partial charge in [-0.2, -0.15) is 0 Å². The normalized spacial score (nSPS) is 9.73. The topological polar surface area (TPSA) is 17.1 Å². The Hall–Kier alpha value is -0.890. The molecule has 0 fully saturated rings. The van der Waals surface area contributed by atoms with Crippen molar-refractivity contribution < 1.29 is 9.18 Å². The summed E-state index contributed by atoms with van der Waals surface area (Å²) in [7, 11) is 0. The highest BCUT2D eigenvalue weighted by Gasteiger charge is 2.03. The monoisotopic (exact) mass is 172 g/mol. The fourth-order valence-electron chi connectivity index (χ4n) is 0.752. The maximum absolute atomic E-state index is 12.7. The summed E-state index contributed by atoms with van der Waals surface area (Å²) in [5, 5.41) is 0.291. The molecule has 0 aliphatic rings. The van der Waals surface area contributed by atoms with Crippen molar-refractivity contribution in [1.82, 2.24) is 0 Å². The largest absolute Gasteiger partial charge is 0.298 e. The molecule has 0 radical (unpaired) electrons. The fraction of sp³-hybridized carbons (Fsp3) is 0.125. The Morgan fingerprint density at radius 3 is 2.73 bits per heavy atom. The van der Waals surface area contributed by atoms with Gasteiger partial charge >= 0.3 is 0 Å². The van der Waals surface area contributed by atoms with Crippen molar-refractivity contribution in [3.05, 3.63) is 34.1 Å². The molecule has 11 heavy (non-hydrogen) atoms. The van der Waals surface area contributed by atoms with Gasteiger partial charge in [0.2, 0.25) is 0 Å². The Morgan fingerprint density at radius 2 is 2.18 bits per heavy atom. The molecule has 58 valence electrons. The summed E-state index contributed by atoms with van der Waals surface area (Å²) < 4.78 is 12.7. The van der Waals surface area contributed by atoms with E-state index in [1.807, 2.05) is 0 Å². The minimum Gasteiger partial charge on any atom is -0.298 e. The quantitative estimate of drug-likeness (QED) is 0.595. The zero-order valence-electron chi connectivity index (χ0n) is 5.90. The van der Waals surface area contributed by atoms with Crippen molar-refractivity contribution >= 4 is 17.9 Å². The number of aryl methyl sites for hydroxylation is 1. The molecule has 0 unspecified atom stereocenters. The van der Waals surface area contributed by atoms with E-state index < -0.39 is 5.82 Å². The molecule has 0 aliphatic carbocycles. The Bertz CT molecular complexity index is 296. The van der Waals surface area contributed by atoms with Crippen LogP contribution in [-0.2, 0) is 0 Å². The van der Waals surface area contributed by atoms with Gasteiger partial charge in [-0.05, 0) is 24.6 Å². The third kappa shape index (κ3) is 1.57. The third-order valence-electron chi connectivity index (χ3n) is 1.40. The SMILES string of the molecule is Cc1cc(Cl)c(C=O)cc1F. The molecule has 0 saturated carbocycles. The predicted molar refractivity (Wildman–Crippen MR) is 41.5 cm³/mol. The minimum absolute atomic E-state index is 0.190. The van der Waals surface area contributed by atoms with Crippen LogP contribution in [0.3, 0.4) is 0 Å². The zero-order valence-corrected chi connectivity index (χ0v) is 6.65. The average Bonchev–Trinajstić information content (AvgIpc) is 1.97. The van der Waals surface area contributed by atoms with Crippen LogP contribution in [0.2, 0.25) is 5.02 Å². The summed E-state index contributed by atoms with van der Waals surface area (Å²) >= 11 is 5.60. The van der Waals surface area contributed by atoms with Crippen LogP contribution in [0.5, 0.6) is 0 Å². The van der Waals surface area contributed by atoms with Crippen molar-refractivity contribution in [2.24, 2.45) is 0 Å². The van der Waals surface area contributed by atoms with E-state index in [0.717, 1.165) is 6.07 Å². The second-order valence-corrected chi connectivity index (χ2v) is 2.65. The Kier molecular flexibility index (Phi) is 2.25. The van der Waals surface area contributed by atoms with E-state index in [1.165, 1.54) is 6.07 Å². The Labute approximate surface area is 68.8 Å². The molecular formula is C8H6ClFO. The number of carbonyl (C=O) groups excluding carboxylic acids is 1. The van der Waals surface area contributed by atoms with Crippen LogP contribution in [0, 0.1) is 12.7 Å². The van der Waals surface area contributed by atoms with Crippen molar-refractivity contribution in [3.63, 3.8) is 0 Å². The number of hydrogen-bond donors (Lipinski definition) is 0. The van der Waals surface area contributed by atoms with Crippen molar-refractivity contribution in [1.29, 1.82) is 0 Å². The first-order chi connectivity index (χ1) is 5.15. The van der Waals surface area contributed by atoms with Crippen LogP contribution in [0.25, 0.3) is 0 Å². The number of aldehydes is 1. The van der Waals surface area contributed by atoms with E-state index in [0.29, 0.717) is 16.9 Å². The van der Waals surface area contributed by atoms with Crippen LogP contribution in [-0.4, -0.2) is 6.29 Å². The number of benzene rings is 1. The van der Waals surface area contributed by atoms with E-state index in [9.17, 15) is 9.18 Å². The van der Waals surface area contributed by atoms with E-state index in [4.69, 9.17) is 11.6 Å². The summed E-state index contributed by atoms with van der Waals surface area (Å²) in [5.41, 5.74) is 0.635. The van der Waals surface area contributed by atoms with Gasteiger partial charge in [0.15, 0.2) is 6.29 Å². The van der Waals surface area contributed by atoms with E-state index in [-0.39, 0.29) is 5.56 Å². The molecule has 0 bridgehead atoms. The lowest BCUT2D eigenvalue weighted by Crippen LogP contribution is -1.88. The molecule has 0 atom stereocenters. The third-order valence-corrected chi connectivity index (χ3v) is 1.73. The molecule has 0 aromatic heterocycles. The molecular weight excluding hydrogens is 167 g/mol. The van der Waals surface area contributed by atoms with Crippen LogP contribution < -0.4 is 0 Å². The highest BCUT2D eigenvalue weighted by atomic mass is 35.5. The fourth-order valence-corrected chi connectivity index (χ4v) is 1.01. The van der Waals surface area contributed by atoms with Gasteiger partial charge in [-0.15, -0.1) is 0 Å².